The molecule has 0 atom stereocenters. The molecule has 2 aromatic rings. The number of benzene rings is 1. The number of imidazole rings is 1. The van der Waals surface area contributed by atoms with E-state index < -0.39 is 5.60 Å². The van der Waals surface area contributed by atoms with Crippen LogP contribution in [-0.2, 0) is 18.2 Å². The first-order valence-corrected chi connectivity index (χ1v) is 9.85. The first-order chi connectivity index (χ1) is 13.5. The van der Waals surface area contributed by atoms with Crippen LogP contribution >= 0.6 is 0 Å². The summed E-state index contributed by atoms with van der Waals surface area (Å²) in [6.45, 7) is 2.44. The second-order valence-corrected chi connectivity index (χ2v) is 7.81. The van der Waals surface area contributed by atoms with Gasteiger partial charge in [-0.3, -0.25) is 0 Å². The first-order valence-electron chi connectivity index (χ1n) is 9.85. The average Bonchev–Trinajstić information content (AvgIpc) is 3.15. The molecule has 3 heterocycles. The number of para-hydroxylation sites is 2. The standard InChI is InChI=1S/C20H27N5O3/c1-23-14-20(28-19(23)27)9-12-25(13-10-20)18(26)21-11-5-8-17-22-15-6-3-4-7-16(15)24(17)2/h3-4,6-7H,5,8-14H2,1-2H3,(H,21,26). The lowest BCUT2D eigenvalue weighted by Crippen LogP contribution is -2.51. The number of hydrogen-bond donors (Lipinski definition) is 1. The van der Waals surface area contributed by atoms with Crippen molar-refractivity contribution in [3.8, 4) is 0 Å². The van der Waals surface area contributed by atoms with Crippen LogP contribution < -0.4 is 5.32 Å². The number of carbonyl (C=O) groups excluding carboxylic acids is 2. The van der Waals surface area contributed by atoms with Crippen molar-refractivity contribution in [2.45, 2.75) is 31.3 Å². The van der Waals surface area contributed by atoms with Gasteiger partial charge in [0.15, 0.2) is 0 Å². The fourth-order valence-corrected chi connectivity index (χ4v) is 4.14. The summed E-state index contributed by atoms with van der Waals surface area (Å²) in [5, 5.41) is 3.00. The van der Waals surface area contributed by atoms with E-state index in [1.165, 1.54) is 0 Å². The van der Waals surface area contributed by atoms with Gasteiger partial charge in [-0.1, -0.05) is 12.1 Å². The quantitative estimate of drug-likeness (QED) is 0.818. The molecule has 0 radical (unpaired) electrons. The molecule has 0 aliphatic carbocycles. The van der Waals surface area contributed by atoms with Crippen molar-refractivity contribution in [2.75, 3.05) is 33.2 Å². The van der Waals surface area contributed by atoms with E-state index in [0.717, 1.165) is 29.7 Å². The highest BCUT2D eigenvalue weighted by Gasteiger charge is 2.46. The Morgan fingerprint density at radius 2 is 2.00 bits per heavy atom. The Balaban J connectivity index is 1.22. The molecule has 2 saturated heterocycles. The maximum atomic E-state index is 12.4. The van der Waals surface area contributed by atoms with Gasteiger partial charge >= 0.3 is 12.1 Å². The number of fused-ring (bicyclic) bond motifs is 1. The largest absolute Gasteiger partial charge is 0.441 e. The van der Waals surface area contributed by atoms with E-state index in [0.29, 0.717) is 39.0 Å². The summed E-state index contributed by atoms with van der Waals surface area (Å²) in [4.78, 5) is 32.2. The van der Waals surface area contributed by atoms with Gasteiger partial charge < -0.3 is 24.4 Å². The van der Waals surface area contributed by atoms with E-state index in [-0.39, 0.29) is 12.1 Å². The fourth-order valence-electron chi connectivity index (χ4n) is 4.14. The van der Waals surface area contributed by atoms with Crippen LogP contribution in [0.25, 0.3) is 11.0 Å². The second-order valence-electron chi connectivity index (χ2n) is 7.81. The third kappa shape index (κ3) is 3.50. The zero-order chi connectivity index (χ0) is 19.7. The van der Waals surface area contributed by atoms with Crippen LogP contribution in [0.1, 0.15) is 25.1 Å². The van der Waals surface area contributed by atoms with Gasteiger partial charge in [0.1, 0.15) is 11.4 Å². The van der Waals surface area contributed by atoms with E-state index in [9.17, 15) is 9.59 Å². The Morgan fingerprint density at radius 3 is 2.68 bits per heavy atom. The number of carbonyl (C=O) groups is 2. The summed E-state index contributed by atoms with van der Waals surface area (Å²) in [6, 6.07) is 8.05. The Kier molecular flexibility index (Phi) is 4.87. The van der Waals surface area contributed by atoms with Crippen LogP contribution in [0.3, 0.4) is 0 Å². The predicted octanol–water partition coefficient (Wildman–Crippen LogP) is 2.13. The van der Waals surface area contributed by atoms with Crippen molar-refractivity contribution in [1.29, 1.82) is 0 Å². The molecular formula is C20H27N5O3. The van der Waals surface area contributed by atoms with Gasteiger partial charge in [-0.25, -0.2) is 14.6 Å². The summed E-state index contributed by atoms with van der Waals surface area (Å²) in [5.74, 6) is 1.03. The van der Waals surface area contributed by atoms with Gasteiger partial charge in [-0.15, -0.1) is 0 Å². The third-order valence-electron chi connectivity index (χ3n) is 5.84. The lowest BCUT2D eigenvalue weighted by molar-refractivity contribution is 0.00968. The van der Waals surface area contributed by atoms with Crippen LogP contribution in [-0.4, -0.2) is 70.3 Å². The number of ether oxygens (including phenoxy) is 1. The number of likely N-dealkylation sites (tertiary alicyclic amines) is 1. The van der Waals surface area contributed by atoms with Crippen molar-refractivity contribution in [3.63, 3.8) is 0 Å². The van der Waals surface area contributed by atoms with E-state index in [4.69, 9.17) is 4.74 Å². The maximum absolute atomic E-state index is 12.4. The average molecular weight is 385 g/mol. The Hall–Kier alpha value is -2.77. The van der Waals surface area contributed by atoms with Gasteiger partial charge in [0.05, 0.1) is 17.6 Å². The summed E-state index contributed by atoms with van der Waals surface area (Å²) in [6.07, 6.45) is 2.77. The molecule has 0 saturated carbocycles. The molecule has 0 unspecified atom stereocenters. The lowest BCUT2D eigenvalue weighted by Gasteiger charge is -2.37. The second kappa shape index (κ2) is 7.33. The van der Waals surface area contributed by atoms with Crippen LogP contribution in [0, 0.1) is 0 Å². The number of nitrogens with zero attached hydrogens (tertiary/aromatic N) is 4. The van der Waals surface area contributed by atoms with Gasteiger partial charge in [-0.05, 0) is 18.6 Å². The summed E-state index contributed by atoms with van der Waals surface area (Å²) in [7, 11) is 3.78. The number of aromatic nitrogens is 2. The molecule has 2 aliphatic heterocycles. The van der Waals surface area contributed by atoms with E-state index in [2.05, 4.69) is 20.9 Å². The minimum absolute atomic E-state index is 0.0440. The van der Waals surface area contributed by atoms with Gasteiger partial charge in [0.25, 0.3) is 0 Å². The minimum atomic E-state index is -0.414. The molecule has 2 fully saturated rings. The van der Waals surface area contributed by atoms with E-state index in [1.807, 2.05) is 30.1 Å². The maximum Gasteiger partial charge on any atom is 0.410 e. The van der Waals surface area contributed by atoms with Crippen molar-refractivity contribution < 1.29 is 14.3 Å². The summed E-state index contributed by atoms with van der Waals surface area (Å²) < 4.78 is 7.65. The smallest absolute Gasteiger partial charge is 0.410 e. The molecule has 1 aromatic heterocycles. The van der Waals surface area contributed by atoms with Crippen LogP contribution in [0.4, 0.5) is 9.59 Å². The van der Waals surface area contributed by atoms with E-state index >= 15 is 0 Å². The van der Waals surface area contributed by atoms with Crippen LogP contribution in [0.2, 0.25) is 0 Å². The molecule has 3 amide bonds. The van der Waals surface area contributed by atoms with Gasteiger partial charge in [-0.2, -0.15) is 0 Å². The number of likely N-dealkylation sites (N-methyl/N-ethyl adjacent to an activating group) is 1. The van der Waals surface area contributed by atoms with Crippen LogP contribution in [0.15, 0.2) is 24.3 Å². The highest BCUT2D eigenvalue weighted by molar-refractivity contribution is 5.76. The Bertz CT molecular complexity index is 885. The fraction of sp³-hybridized carbons (Fsp3) is 0.550. The molecule has 28 heavy (non-hydrogen) atoms. The van der Waals surface area contributed by atoms with E-state index in [1.54, 1.807) is 11.9 Å². The number of piperidine rings is 1. The zero-order valence-electron chi connectivity index (χ0n) is 16.5. The number of amides is 3. The summed E-state index contributed by atoms with van der Waals surface area (Å²) >= 11 is 0. The predicted molar refractivity (Wildman–Crippen MR) is 105 cm³/mol. The van der Waals surface area contributed by atoms with Crippen molar-refractivity contribution in [2.24, 2.45) is 7.05 Å². The minimum Gasteiger partial charge on any atom is -0.441 e. The summed E-state index contributed by atoms with van der Waals surface area (Å²) in [5.41, 5.74) is 1.72. The number of hydrogen-bond acceptors (Lipinski definition) is 4. The molecule has 4 rings (SSSR count). The van der Waals surface area contributed by atoms with Gasteiger partial charge in [0, 0.05) is 53.0 Å². The van der Waals surface area contributed by atoms with Gasteiger partial charge in [0.2, 0.25) is 0 Å². The molecule has 2 aliphatic rings. The lowest BCUT2D eigenvalue weighted by atomic mass is 9.91. The molecule has 1 spiro atoms. The highest BCUT2D eigenvalue weighted by Crippen LogP contribution is 2.32. The Labute approximate surface area is 164 Å². The first kappa shape index (κ1) is 18.6. The molecular weight excluding hydrogens is 358 g/mol. The molecule has 1 N–H and O–H groups in total. The monoisotopic (exact) mass is 385 g/mol. The molecule has 0 bridgehead atoms. The highest BCUT2D eigenvalue weighted by atomic mass is 16.6. The third-order valence-corrected chi connectivity index (χ3v) is 5.84. The zero-order valence-corrected chi connectivity index (χ0v) is 16.5. The van der Waals surface area contributed by atoms with Crippen molar-refractivity contribution in [3.05, 3.63) is 30.1 Å². The number of aryl methyl sites for hydroxylation is 2. The Morgan fingerprint density at radius 1 is 1.25 bits per heavy atom. The SMILES string of the molecule is CN1CC2(CCN(C(=O)NCCCc3nc4ccccc4n3C)CC2)OC1=O. The number of rotatable bonds is 4. The molecule has 8 nitrogen and oxygen atoms in total. The molecule has 150 valence electrons. The molecule has 8 heteroatoms. The number of nitrogens with one attached hydrogen (secondary N) is 1. The topological polar surface area (TPSA) is 79.7 Å². The van der Waals surface area contributed by atoms with Crippen LogP contribution in [0.5, 0.6) is 0 Å². The van der Waals surface area contributed by atoms with Crippen molar-refractivity contribution >= 4 is 23.2 Å². The van der Waals surface area contributed by atoms with Crippen molar-refractivity contribution in [1.82, 2.24) is 24.7 Å². The number of urea groups is 1. The molecule has 1 aromatic carbocycles. The normalized spacial score (nSPS) is 18.7.